The van der Waals surface area contributed by atoms with Crippen LogP contribution in [0.2, 0.25) is 5.02 Å². The van der Waals surface area contributed by atoms with Crippen molar-refractivity contribution in [3.05, 3.63) is 70.9 Å². The Bertz CT molecular complexity index is 1160. The van der Waals surface area contributed by atoms with Crippen LogP contribution in [-0.4, -0.2) is 25.2 Å². The first kappa shape index (κ1) is 19.8. The average molecular weight is 450 g/mol. The molecule has 1 amide bonds. The van der Waals surface area contributed by atoms with Crippen molar-refractivity contribution in [1.82, 2.24) is 5.16 Å². The van der Waals surface area contributed by atoms with E-state index in [1.807, 2.05) is 18.2 Å². The van der Waals surface area contributed by atoms with Crippen LogP contribution in [0.25, 0.3) is 0 Å². The van der Waals surface area contributed by atoms with Crippen LogP contribution in [0.3, 0.4) is 0 Å². The lowest BCUT2D eigenvalue weighted by molar-refractivity contribution is -0.115. The van der Waals surface area contributed by atoms with Gasteiger partial charge < -0.3 is 4.52 Å². The zero-order valence-corrected chi connectivity index (χ0v) is 17.6. The summed E-state index contributed by atoms with van der Waals surface area (Å²) >= 11 is 7.79. The molecule has 1 aliphatic rings. The Morgan fingerprint density at radius 1 is 1.21 bits per heavy atom. The van der Waals surface area contributed by atoms with Gasteiger partial charge in [-0.3, -0.25) is 14.4 Å². The summed E-state index contributed by atoms with van der Waals surface area (Å²) in [6.45, 7) is 1.67. The lowest BCUT2D eigenvalue weighted by Crippen LogP contribution is -2.28. The van der Waals surface area contributed by atoms with E-state index in [9.17, 15) is 13.2 Å². The monoisotopic (exact) mass is 449 g/mol. The van der Waals surface area contributed by atoms with E-state index in [1.54, 1.807) is 30.0 Å². The largest absolute Gasteiger partial charge is 0.360 e. The SMILES string of the molecule is Cc1cc(NS(=O)(=O)c2ccc(N3C(=O)CSC3c3ccccc3Cl)cc2)no1. The van der Waals surface area contributed by atoms with Gasteiger partial charge in [0.25, 0.3) is 10.0 Å². The van der Waals surface area contributed by atoms with Crippen LogP contribution in [0.4, 0.5) is 11.5 Å². The van der Waals surface area contributed by atoms with Gasteiger partial charge in [-0.05, 0) is 37.3 Å². The summed E-state index contributed by atoms with van der Waals surface area (Å²) in [6.07, 6.45) is 0. The number of nitrogens with zero attached hydrogens (tertiary/aromatic N) is 2. The fourth-order valence-electron chi connectivity index (χ4n) is 3.01. The molecule has 2 aromatic carbocycles. The smallest absolute Gasteiger partial charge is 0.263 e. The summed E-state index contributed by atoms with van der Waals surface area (Å²) in [5.41, 5.74) is 1.44. The number of carbonyl (C=O) groups is 1. The summed E-state index contributed by atoms with van der Waals surface area (Å²) in [7, 11) is -3.83. The topological polar surface area (TPSA) is 92.5 Å². The maximum Gasteiger partial charge on any atom is 0.263 e. The molecule has 1 N–H and O–H groups in total. The Morgan fingerprint density at radius 3 is 2.59 bits per heavy atom. The minimum Gasteiger partial charge on any atom is -0.360 e. The quantitative estimate of drug-likeness (QED) is 0.627. The zero-order valence-electron chi connectivity index (χ0n) is 15.2. The molecule has 1 aromatic heterocycles. The maximum atomic E-state index is 12.5. The summed E-state index contributed by atoms with van der Waals surface area (Å²) in [5.74, 6) is 0.861. The lowest BCUT2D eigenvalue weighted by atomic mass is 10.2. The normalized spacial score (nSPS) is 17.0. The van der Waals surface area contributed by atoms with Crippen molar-refractivity contribution >= 4 is 50.8 Å². The van der Waals surface area contributed by atoms with Gasteiger partial charge in [-0.15, -0.1) is 11.8 Å². The van der Waals surface area contributed by atoms with Gasteiger partial charge in [0.15, 0.2) is 5.82 Å². The van der Waals surface area contributed by atoms with Gasteiger partial charge in [0.2, 0.25) is 5.91 Å². The molecule has 10 heteroatoms. The Kier molecular flexibility index (Phi) is 5.28. The highest BCUT2D eigenvalue weighted by molar-refractivity contribution is 8.00. The van der Waals surface area contributed by atoms with Gasteiger partial charge in [0, 0.05) is 22.3 Å². The van der Waals surface area contributed by atoms with E-state index in [2.05, 4.69) is 9.88 Å². The van der Waals surface area contributed by atoms with Crippen LogP contribution in [0.1, 0.15) is 16.7 Å². The molecule has 29 heavy (non-hydrogen) atoms. The zero-order chi connectivity index (χ0) is 20.6. The lowest BCUT2D eigenvalue weighted by Gasteiger charge is -2.25. The number of halogens is 1. The highest BCUT2D eigenvalue weighted by Gasteiger charge is 2.35. The fourth-order valence-corrected chi connectivity index (χ4v) is 5.51. The molecule has 3 aromatic rings. The van der Waals surface area contributed by atoms with Crippen molar-refractivity contribution in [2.45, 2.75) is 17.2 Å². The number of thioether (sulfide) groups is 1. The molecule has 1 aliphatic heterocycles. The standard InChI is InChI=1S/C19H16ClN3O4S2/c1-12-10-17(21-27-12)22-29(25,26)14-8-6-13(7-9-14)23-18(24)11-28-19(23)15-4-2-3-5-16(15)20/h2-10,19H,11H2,1H3,(H,21,22). The second-order valence-corrected chi connectivity index (χ2v) is 9.53. The highest BCUT2D eigenvalue weighted by Crippen LogP contribution is 2.44. The number of nitrogens with one attached hydrogen (secondary N) is 1. The molecule has 0 aliphatic carbocycles. The van der Waals surface area contributed by atoms with Crippen LogP contribution in [0.15, 0.2) is 64.0 Å². The molecule has 1 fully saturated rings. The van der Waals surface area contributed by atoms with Crippen molar-refractivity contribution in [2.24, 2.45) is 0 Å². The third kappa shape index (κ3) is 3.98. The fraction of sp³-hybridized carbons (Fsp3) is 0.158. The number of amides is 1. The number of hydrogen-bond acceptors (Lipinski definition) is 6. The number of sulfonamides is 1. The number of benzene rings is 2. The predicted octanol–water partition coefficient (Wildman–Crippen LogP) is 4.22. The molecule has 0 radical (unpaired) electrons. The Hall–Kier alpha value is -2.49. The minimum atomic E-state index is -3.83. The third-order valence-corrected chi connectivity index (χ3v) is 7.24. The number of aromatic nitrogens is 1. The predicted molar refractivity (Wildman–Crippen MR) is 113 cm³/mol. The van der Waals surface area contributed by atoms with E-state index < -0.39 is 10.0 Å². The molecule has 4 rings (SSSR count). The Morgan fingerprint density at radius 2 is 1.93 bits per heavy atom. The van der Waals surface area contributed by atoms with E-state index in [4.69, 9.17) is 16.1 Å². The highest BCUT2D eigenvalue weighted by atomic mass is 35.5. The van der Waals surface area contributed by atoms with Crippen LogP contribution >= 0.6 is 23.4 Å². The molecule has 150 valence electrons. The van der Waals surface area contributed by atoms with Crippen LogP contribution in [-0.2, 0) is 14.8 Å². The van der Waals surface area contributed by atoms with Crippen molar-refractivity contribution in [1.29, 1.82) is 0 Å². The molecule has 0 saturated carbocycles. The summed E-state index contributed by atoms with van der Waals surface area (Å²) in [5, 5.41) is 3.95. The molecule has 1 atom stereocenters. The molecule has 7 nitrogen and oxygen atoms in total. The minimum absolute atomic E-state index is 0.0514. The molecule has 0 bridgehead atoms. The van der Waals surface area contributed by atoms with E-state index in [-0.39, 0.29) is 22.0 Å². The molecular formula is C19H16ClN3O4S2. The van der Waals surface area contributed by atoms with Crippen molar-refractivity contribution in [2.75, 3.05) is 15.4 Å². The molecule has 1 saturated heterocycles. The third-order valence-electron chi connectivity index (χ3n) is 4.33. The Labute approximate surface area is 177 Å². The first-order valence-corrected chi connectivity index (χ1v) is 11.5. The van der Waals surface area contributed by atoms with Gasteiger partial charge in [0.1, 0.15) is 11.1 Å². The van der Waals surface area contributed by atoms with Gasteiger partial charge >= 0.3 is 0 Å². The molecule has 0 spiro atoms. The van der Waals surface area contributed by atoms with E-state index >= 15 is 0 Å². The van der Waals surface area contributed by atoms with Gasteiger partial charge in [-0.2, -0.15) is 0 Å². The van der Waals surface area contributed by atoms with Gasteiger partial charge in [-0.25, -0.2) is 8.42 Å². The summed E-state index contributed by atoms with van der Waals surface area (Å²) in [4.78, 5) is 14.2. The molecule has 2 heterocycles. The average Bonchev–Trinajstić information content (AvgIpc) is 3.27. The van der Waals surface area contributed by atoms with E-state index in [0.29, 0.717) is 22.2 Å². The second-order valence-electron chi connectivity index (χ2n) is 6.37. The Balaban J connectivity index is 1.61. The first-order valence-electron chi connectivity index (χ1n) is 8.59. The number of rotatable bonds is 5. The summed E-state index contributed by atoms with van der Waals surface area (Å²) in [6, 6.07) is 15.0. The molecular weight excluding hydrogens is 434 g/mol. The van der Waals surface area contributed by atoms with Gasteiger partial charge in [0.05, 0.1) is 10.6 Å². The molecule has 1 unspecified atom stereocenters. The maximum absolute atomic E-state index is 12.5. The second kappa shape index (κ2) is 7.74. The summed E-state index contributed by atoms with van der Waals surface area (Å²) < 4.78 is 32.3. The van der Waals surface area contributed by atoms with Gasteiger partial charge in [-0.1, -0.05) is 35.0 Å². The first-order chi connectivity index (χ1) is 13.8. The van der Waals surface area contributed by atoms with E-state index in [0.717, 1.165) is 5.56 Å². The van der Waals surface area contributed by atoms with Crippen LogP contribution in [0.5, 0.6) is 0 Å². The van der Waals surface area contributed by atoms with Crippen molar-refractivity contribution in [3.63, 3.8) is 0 Å². The number of carbonyl (C=O) groups excluding carboxylic acids is 1. The van der Waals surface area contributed by atoms with E-state index in [1.165, 1.54) is 30.0 Å². The number of aryl methyl sites for hydroxylation is 1. The van der Waals surface area contributed by atoms with Crippen molar-refractivity contribution < 1.29 is 17.7 Å². The van der Waals surface area contributed by atoms with Crippen LogP contribution in [0, 0.1) is 6.92 Å². The number of anilines is 2. The van der Waals surface area contributed by atoms with Crippen LogP contribution < -0.4 is 9.62 Å². The van der Waals surface area contributed by atoms with Crippen molar-refractivity contribution in [3.8, 4) is 0 Å². The number of hydrogen-bond donors (Lipinski definition) is 1.